The van der Waals surface area contributed by atoms with Gasteiger partial charge in [0.2, 0.25) is 0 Å². The third kappa shape index (κ3) is 2.32. The molecule has 2 heterocycles. The fourth-order valence-electron chi connectivity index (χ4n) is 1.11. The molecule has 0 radical (unpaired) electrons. The number of aryl methyl sites for hydroxylation is 1. The van der Waals surface area contributed by atoms with Gasteiger partial charge in [-0.1, -0.05) is 28.1 Å². The molecule has 0 spiro atoms. The van der Waals surface area contributed by atoms with Gasteiger partial charge in [0.1, 0.15) is 22.4 Å². The topological polar surface area (TPSA) is 74.7 Å². The first-order chi connectivity index (χ1) is 7.69. The van der Waals surface area contributed by atoms with E-state index in [1.165, 1.54) is 11.3 Å². The quantitative estimate of drug-likeness (QED) is 0.911. The first-order valence-electron chi connectivity index (χ1n) is 4.41. The van der Waals surface area contributed by atoms with Crippen LogP contribution in [0.1, 0.15) is 16.3 Å². The molecule has 2 aromatic rings. The summed E-state index contributed by atoms with van der Waals surface area (Å²) in [5.41, 5.74) is 0.780. The van der Waals surface area contributed by atoms with E-state index >= 15 is 0 Å². The third-order valence-electron chi connectivity index (χ3n) is 1.78. The number of rotatable bonds is 3. The molecule has 16 heavy (non-hydrogen) atoms. The summed E-state index contributed by atoms with van der Waals surface area (Å²) in [4.78, 5) is 4.40. The van der Waals surface area contributed by atoms with Crippen LogP contribution in [0, 0.1) is 18.3 Å². The van der Waals surface area contributed by atoms with Crippen LogP contribution in [0.3, 0.4) is 0 Å². The molecule has 0 bridgehead atoms. The largest absolute Gasteiger partial charge is 0.361 e. The molecule has 82 valence electrons. The third-order valence-corrected chi connectivity index (χ3v) is 3.09. The Morgan fingerprint density at radius 3 is 3.06 bits per heavy atom. The maximum Gasteiger partial charge on any atom is 0.185 e. The number of nitriles is 1. The summed E-state index contributed by atoms with van der Waals surface area (Å²) in [6.45, 7) is 2.32. The average Bonchev–Trinajstić information content (AvgIpc) is 2.82. The van der Waals surface area contributed by atoms with E-state index in [1.807, 2.05) is 19.1 Å². The van der Waals surface area contributed by atoms with Crippen LogP contribution in [0.2, 0.25) is 5.15 Å². The fraction of sp³-hybridized carbons (Fsp3) is 0.222. The van der Waals surface area contributed by atoms with Crippen LogP contribution in [-0.4, -0.2) is 10.1 Å². The van der Waals surface area contributed by atoms with Crippen molar-refractivity contribution in [3.05, 3.63) is 27.6 Å². The van der Waals surface area contributed by atoms with E-state index in [2.05, 4.69) is 15.5 Å². The highest BCUT2D eigenvalue weighted by atomic mass is 35.5. The molecule has 0 saturated heterocycles. The van der Waals surface area contributed by atoms with Crippen molar-refractivity contribution in [1.82, 2.24) is 10.1 Å². The van der Waals surface area contributed by atoms with Crippen molar-refractivity contribution in [3.8, 4) is 6.07 Å². The molecular formula is C9H7ClN4OS. The number of halogens is 1. The number of aromatic nitrogens is 2. The van der Waals surface area contributed by atoms with Gasteiger partial charge in [-0.2, -0.15) is 5.26 Å². The summed E-state index contributed by atoms with van der Waals surface area (Å²) in [6, 6.07) is 3.79. The van der Waals surface area contributed by atoms with Crippen LogP contribution in [0.15, 0.2) is 10.6 Å². The van der Waals surface area contributed by atoms with Crippen molar-refractivity contribution >= 4 is 28.1 Å². The van der Waals surface area contributed by atoms with Crippen LogP contribution < -0.4 is 5.32 Å². The molecule has 2 rings (SSSR count). The van der Waals surface area contributed by atoms with E-state index in [-0.39, 0.29) is 5.15 Å². The number of nitrogens with one attached hydrogen (secondary N) is 1. The van der Waals surface area contributed by atoms with E-state index in [0.29, 0.717) is 16.6 Å². The van der Waals surface area contributed by atoms with E-state index in [1.54, 1.807) is 0 Å². The summed E-state index contributed by atoms with van der Waals surface area (Å²) < 4.78 is 4.92. The highest BCUT2D eigenvalue weighted by Gasteiger charge is 2.08. The second kappa shape index (κ2) is 4.51. The first kappa shape index (κ1) is 10.9. The normalized spacial score (nSPS) is 10.1. The molecule has 0 saturated carbocycles. The Morgan fingerprint density at radius 2 is 2.50 bits per heavy atom. The Kier molecular flexibility index (Phi) is 3.08. The second-order valence-electron chi connectivity index (χ2n) is 3.03. The zero-order valence-corrected chi connectivity index (χ0v) is 9.89. The molecule has 0 fully saturated rings. The molecule has 0 unspecified atom stereocenters. The molecule has 0 aromatic carbocycles. The molecule has 0 aliphatic carbocycles. The molecule has 0 atom stereocenters. The smallest absolute Gasteiger partial charge is 0.185 e. The highest BCUT2D eigenvalue weighted by Crippen LogP contribution is 2.26. The van der Waals surface area contributed by atoms with Gasteiger partial charge in [0, 0.05) is 6.07 Å². The predicted octanol–water partition coefficient (Wildman–Crippen LogP) is 2.58. The van der Waals surface area contributed by atoms with Crippen LogP contribution >= 0.6 is 22.9 Å². The zero-order chi connectivity index (χ0) is 11.5. The lowest BCUT2D eigenvalue weighted by molar-refractivity contribution is 0.391. The van der Waals surface area contributed by atoms with Gasteiger partial charge >= 0.3 is 0 Å². The highest BCUT2D eigenvalue weighted by molar-refractivity contribution is 7.16. The lowest BCUT2D eigenvalue weighted by atomic mass is 10.4. The molecule has 0 aliphatic rings. The molecule has 0 amide bonds. The lowest BCUT2D eigenvalue weighted by Gasteiger charge is -1.96. The molecule has 5 nitrogen and oxygen atoms in total. The minimum Gasteiger partial charge on any atom is -0.361 e. The van der Waals surface area contributed by atoms with Crippen molar-refractivity contribution in [2.24, 2.45) is 0 Å². The van der Waals surface area contributed by atoms with E-state index < -0.39 is 0 Å². The Balaban J connectivity index is 2.02. The van der Waals surface area contributed by atoms with Crippen molar-refractivity contribution < 1.29 is 4.52 Å². The Hall–Kier alpha value is -1.58. The van der Waals surface area contributed by atoms with Crippen molar-refractivity contribution in [2.75, 3.05) is 5.32 Å². The number of hydrogen-bond acceptors (Lipinski definition) is 6. The van der Waals surface area contributed by atoms with Crippen molar-refractivity contribution in [2.45, 2.75) is 13.5 Å². The summed E-state index contributed by atoms with van der Waals surface area (Å²) >= 11 is 6.95. The van der Waals surface area contributed by atoms with Crippen LogP contribution in [0.25, 0.3) is 0 Å². The van der Waals surface area contributed by atoms with Crippen LogP contribution in [0.5, 0.6) is 0 Å². The Morgan fingerprint density at radius 1 is 1.69 bits per heavy atom. The van der Waals surface area contributed by atoms with E-state index in [4.69, 9.17) is 21.4 Å². The van der Waals surface area contributed by atoms with Gasteiger partial charge in [-0.15, -0.1) is 0 Å². The van der Waals surface area contributed by atoms with Gasteiger partial charge < -0.3 is 9.84 Å². The van der Waals surface area contributed by atoms with Gasteiger partial charge in [0.15, 0.2) is 10.3 Å². The maximum absolute atomic E-state index is 8.70. The zero-order valence-electron chi connectivity index (χ0n) is 8.32. The van der Waals surface area contributed by atoms with Gasteiger partial charge in [-0.3, -0.25) is 0 Å². The van der Waals surface area contributed by atoms with Gasteiger partial charge in [0.25, 0.3) is 0 Å². The summed E-state index contributed by atoms with van der Waals surface area (Å²) in [5.74, 6) is 0.756. The van der Waals surface area contributed by atoms with Crippen LogP contribution in [0.4, 0.5) is 5.13 Å². The SMILES string of the molecule is Cc1cc(CNc2nc(Cl)c(C#N)s2)no1. The predicted molar refractivity (Wildman–Crippen MR) is 60.4 cm³/mol. The van der Waals surface area contributed by atoms with E-state index in [9.17, 15) is 0 Å². The monoisotopic (exact) mass is 254 g/mol. The van der Waals surface area contributed by atoms with Gasteiger partial charge in [-0.05, 0) is 6.92 Å². The van der Waals surface area contributed by atoms with Gasteiger partial charge in [-0.25, -0.2) is 4.98 Å². The first-order valence-corrected chi connectivity index (χ1v) is 5.61. The summed E-state index contributed by atoms with van der Waals surface area (Å²) in [7, 11) is 0. The Bertz CT molecular complexity index is 542. The van der Waals surface area contributed by atoms with Crippen molar-refractivity contribution in [1.29, 1.82) is 5.26 Å². The minimum atomic E-state index is 0.228. The van der Waals surface area contributed by atoms with Gasteiger partial charge in [0.05, 0.1) is 6.54 Å². The summed E-state index contributed by atoms with van der Waals surface area (Å²) in [5, 5.41) is 16.4. The maximum atomic E-state index is 8.70. The summed E-state index contributed by atoms with van der Waals surface area (Å²) in [6.07, 6.45) is 0. The molecule has 2 aromatic heterocycles. The number of nitrogens with zero attached hydrogens (tertiary/aromatic N) is 3. The number of anilines is 1. The van der Waals surface area contributed by atoms with E-state index in [0.717, 1.165) is 11.5 Å². The standard InChI is InChI=1S/C9H7ClN4OS/c1-5-2-6(14-15-5)4-12-9-13-8(10)7(3-11)16-9/h2H,4H2,1H3,(H,12,13). The molecule has 7 heteroatoms. The number of thiazole rings is 1. The van der Waals surface area contributed by atoms with Crippen LogP contribution in [-0.2, 0) is 6.54 Å². The molecule has 1 N–H and O–H groups in total. The average molecular weight is 255 g/mol. The molecular weight excluding hydrogens is 248 g/mol. The second-order valence-corrected chi connectivity index (χ2v) is 4.39. The number of hydrogen-bond donors (Lipinski definition) is 1. The molecule has 0 aliphatic heterocycles. The Labute approximate surface area is 101 Å². The van der Waals surface area contributed by atoms with Crippen molar-refractivity contribution in [3.63, 3.8) is 0 Å². The fourth-order valence-corrected chi connectivity index (χ4v) is 2.06. The minimum absolute atomic E-state index is 0.228. The lowest BCUT2D eigenvalue weighted by Crippen LogP contribution is -1.98.